The average molecular weight is 264 g/mol. The third-order valence-electron chi connectivity index (χ3n) is 4.15. The van der Waals surface area contributed by atoms with E-state index in [2.05, 4.69) is 30.1 Å². The second-order valence-corrected chi connectivity index (χ2v) is 5.57. The van der Waals surface area contributed by atoms with E-state index in [0.717, 1.165) is 31.4 Å². The van der Waals surface area contributed by atoms with Crippen molar-refractivity contribution in [1.82, 2.24) is 10.2 Å². The van der Waals surface area contributed by atoms with Crippen LogP contribution in [-0.4, -0.2) is 24.0 Å². The summed E-state index contributed by atoms with van der Waals surface area (Å²) in [6.45, 7) is 8.71. The van der Waals surface area contributed by atoms with Gasteiger partial charge in [0.05, 0.1) is 12.8 Å². The normalized spacial score (nSPS) is 20.8. The molecule has 3 heteroatoms. The van der Waals surface area contributed by atoms with Crippen molar-refractivity contribution in [2.45, 2.75) is 65.1 Å². The molecule has 1 atom stereocenters. The highest BCUT2D eigenvalue weighted by molar-refractivity contribution is 5.17. The molecule has 1 saturated heterocycles. The van der Waals surface area contributed by atoms with Gasteiger partial charge in [0.2, 0.25) is 0 Å². The molecule has 1 aromatic rings. The number of nitrogens with zero attached hydrogens (tertiary/aromatic N) is 1. The first-order valence-electron chi connectivity index (χ1n) is 7.85. The lowest BCUT2D eigenvalue weighted by atomic mass is 9.99. The standard InChI is InChI=1S/C16H28N2O/c1-3-9-17-12-14-8-11-19-16(14)13-18-10-6-5-7-15(18)4-2/h8,11,15,17H,3-7,9-10,12-13H2,1-2H3. The van der Waals surface area contributed by atoms with Gasteiger partial charge in [0.15, 0.2) is 0 Å². The molecule has 0 spiro atoms. The summed E-state index contributed by atoms with van der Waals surface area (Å²) in [6, 6.07) is 2.86. The zero-order chi connectivity index (χ0) is 13.5. The average Bonchev–Trinajstić information content (AvgIpc) is 2.87. The topological polar surface area (TPSA) is 28.4 Å². The molecule has 1 aromatic heterocycles. The molecule has 0 amide bonds. The minimum atomic E-state index is 0.746. The Morgan fingerprint density at radius 1 is 1.37 bits per heavy atom. The second-order valence-electron chi connectivity index (χ2n) is 5.57. The van der Waals surface area contributed by atoms with Crippen LogP contribution in [0.15, 0.2) is 16.7 Å². The molecule has 108 valence electrons. The number of hydrogen-bond donors (Lipinski definition) is 1. The van der Waals surface area contributed by atoms with Gasteiger partial charge in [0.25, 0.3) is 0 Å². The van der Waals surface area contributed by atoms with Crippen LogP contribution in [0.5, 0.6) is 0 Å². The summed E-state index contributed by atoms with van der Waals surface area (Å²) >= 11 is 0. The van der Waals surface area contributed by atoms with Gasteiger partial charge in [-0.3, -0.25) is 4.90 Å². The van der Waals surface area contributed by atoms with Crippen molar-refractivity contribution in [2.24, 2.45) is 0 Å². The lowest BCUT2D eigenvalue weighted by molar-refractivity contribution is 0.126. The van der Waals surface area contributed by atoms with Gasteiger partial charge in [0.1, 0.15) is 5.76 Å². The minimum Gasteiger partial charge on any atom is -0.468 e. The van der Waals surface area contributed by atoms with Crippen LogP contribution in [0.1, 0.15) is 57.3 Å². The zero-order valence-corrected chi connectivity index (χ0v) is 12.5. The van der Waals surface area contributed by atoms with Crippen molar-refractivity contribution in [3.05, 3.63) is 23.7 Å². The van der Waals surface area contributed by atoms with Crippen molar-refractivity contribution < 1.29 is 4.42 Å². The maximum atomic E-state index is 5.71. The molecule has 0 aromatic carbocycles. The lowest BCUT2D eigenvalue weighted by Crippen LogP contribution is -2.38. The van der Waals surface area contributed by atoms with Crippen LogP contribution < -0.4 is 5.32 Å². The summed E-state index contributed by atoms with van der Waals surface area (Å²) in [5.74, 6) is 1.16. The first kappa shape index (κ1) is 14.6. The predicted octanol–water partition coefficient (Wildman–Crippen LogP) is 3.54. The van der Waals surface area contributed by atoms with E-state index >= 15 is 0 Å². The molecular weight excluding hydrogens is 236 g/mol. The number of likely N-dealkylation sites (tertiary alicyclic amines) is 1. The SMILES string of the molecule is CCCNCc1ccoc1CN1CCCCC1CC. The monoisotopic (exact) mass is 264 g/mol. The Morgan fingerprint density at radius 2 is 2.26 bits per heavy atom. The van der Waals surface area contributed by atoms with Crippen LogP contribution in [0.4, 0.5) is 0 Å². The fraction of sp³-hybridized carbons (Fsp3) is 0.750. The van der Waals surface area contributed by atoms with Crippen molar-refractivity contribution in [1.29, 1.82) is 0 Å². The first-order chi connectivity index (χ1) is 9.35. The molecule has 1 unspecified atom stereocenters. The van der Waals surface area contributed by atoms with E-state index in [0.29, 0.717) is 0 Å². The Hall–Kier alpha value is -0.800. The third-order valence-corrected chi connectivity index (χ3v) is 4.15. The van der Waals surface area contributed by atoms with Crippen LogP contribution in [0.25, 0.3) is 0 Å². The smallest absolute Gasteiger partial charge is 0.122 e. The summed E-state index contributed by atoms with van der Waals surface area (Å²) in [4.78, 5) is 2.60. The molecule has 0 aliphatic carbocycles. The first-order valence-corrected chi connectivity index (χ1v) is 7.85. The molecule has 0 radical (unpaired) electrons. The van der Waals surface area contributed by atoms with Crippen LogP contribution in [0.2, 0.25) is 0 Å². The number of hydrogen-bond acceptors (Lipinski definition) is 3. The van der Waals surface area contributed by atoms with E-state index in [1.54, 1.807) is 0 Å². The van der Waals surface area contributed by atoms with E-state index < -0.39 is 0 Å². The highest BCUT2D eigenvalue weighted by Crippen LogP contribution is 2.23. The van der Waals surface area contributed by atoms with Gasteiger partial charge in [-0.25, -0.2) is 0 Å². The molecule has 19 heavy (non-hydrogen) atoms. The molecule has 1 aliphatic heterocycles. The fourth-order valence-corrected chi connectivity index (χ4v) is 2.98. The van der Waals surface area contributed by atoms with Crippen molar-refractivity contribution in [2.75, 3.05) is 13.1 Å². The fourth-order valence-electron chi connectivity index (χ4n) is 2.98. The van der Waals surface area contributed by atoms with Crippen LogP contribution in [-0.2, 0) is 13.1 Å². The summed E-state index contributed by atoms with van der Waals surface area (Å²) in [7, 11) is 0. The van der Waals surface area contributed by atoms with Gasteiger partial charge in [-0.2, -0.15) is 0 Å². The Balaban J connectivity index is 1.92. The van der Waals surface area contributed by atoms with Crippen LogP contribution in [0.3, 0.4) is 0 Å². The minimum absolute atomic E-state index is 0.746. The van der Waals surface area contributed by atoms with Gasteiger partial charge >= 0.3 is 0 Å². The quantitative estimate of drug-likeness (QED) is 0.764. The van der Waals surface area contributed by atoms with Gasteiger partial charge in [-0.15, -0.1) is 0 Å². The molecule has 1 aliphatic rings. The maximum absolute atomic E-state index is 5.71. The summed E-state index contributed by atoms with van der Waals surface area (Å²) < 4.78 is 5.71. The van der Waals surface area contributed by atoms with E-state index in [1.807, 2.05) is 6.26 Å². The largest absolute Gasteiger partial charge is 0.468 e. The molecule has 1 N–H and O–H groups in total. The van der Waals surface area contributed by atoms with Crippen LogP contribution in [0, 0.1) is 0 Å². The summed E-state index contributed by atoms with van der Waals surface area (Å²) in [5, 5.41) is 3.46. The van der Waals surface area contributed by atoms with E-state index in [1.165, 1.54) is 44.2 Å². The highest BCUT2D eigenvalue weighted by Gasteiger charge is 2.22. The van der Waals surface area contributed by atoms with Gasteiger partial charge in [-0.05, 0) is 44.8 Å². The third kappa shape index (κ3) is 4.08. The zero-order valence-electron chi connectivity index (χ0n) is 12.5. The molecule has 2 rings (SSSR count). The molecule has 3 nitrogen and oxygen atoms in total. The Bertz CT molecular complexity index is 361. The summed E-state index contributed by atoms with van der Waals surface area (Å²) in [5.41, 5.74) is 1.33. The van der Waals surface area contributed by atoms with Gasteiger partial charge in [-0.1, -0.05) is 20.3 Å². The molecule has 0 bridgehead atoms. The van der Waals surface area contributed by atoms with E-state index in [-0.39, 0.29) is 0 Å². The van der Waals surface area contributed by atoms with Crippen molar-refractivity contribution in [3.8, 4) is 0 Å². The van der Waals surface area contributed by atoms with Crippen molar-refractivity contribution >= 4 is 0 Å². The molecule has 2 heterocycles. The van der Waals surface area contributed by atoms with Crippen LogP contribution >= 0.6 is 0 Å². The molecular formula is C16H28N2O. The maximum Gasteiger partial charge on any atom is 0.122 e. The molecule has 1 fully saturated rings. The Labute approximate surface area is 117 Å². The van der Waals surface area contributed by atoms with Gasteiger partial charge < -0.3 is 9.73 Å². The Kier molecular flexibility index (Phi) is 5.93. The number of rotatable bonds is 7. The molecule has 0 saturated carbocycles. The lowest BCUT2D eigenvalue weighted by Gasteiger charge is -2.34. The number of furan rings is 1. The number of nitrogens with one attached hydrogen (secondary N) is 1. The van der Waals surface area contributed by atoms with E-state index in [4.69, 9.17) is 4.42 Å². The Morgan fingerprint density at radius 3 is 3.05 bits per heavy atom. The predicted molar refractivity (Wildman–Crippen MR) is 79.0 cm³/mol. The number of piperidine rings is 1. The van der Waals surface area contributed by atoms with Crippen molar-refractivity contribution in [3.63, 3.8) is 0 Å². The highest BCUT2D eigenvalue weighted by atomic mass is 16.3. The summed E-state index contributed by atoms with van der Waals surface area (Å²) in [6.07, 6.45) is 8.34. The van der Waals surface area contributed by atoms with Gasteiger partial charge in [0, 0.05) is 18.2 Å². The second kappa shape index (κ2) is 7.71. The van der Waals surface area contributed by atoms with E-state index in [9.17, 15) is 0 Å².